The molecular weight excluding hydrogens is 374 g/mol. The highest BCUT2D eigenvalue weighted by Gasteiger charge is 2.20. The first kappa shape index (κ1) is 18.3. The third-order valence-electron chi connectivity index (χ3n) is 3.79. The number of carboxylic acids is 2. The van der Waals surface area contributed by atoms with Gasteiger partial charge >= 0.3 is 17.9 Å². The van der Waals surface area contributed by atoms with Crippen molar-refractivity contribution in [3.63, 3.8) is 0 Å². The first-order valence-corrected chi connectivity index (χ1v) is 8.34. The maximum atomic E-state index is 11.9. The molecule has 3 rings (SSSR count). The fraction of sp³-hybridized carbons (Fsp3) is 0.118. The molecule has 0 aliphatic carbocycles. The van der Waals surface area contributed by atoms with E-state index in [-0.39, 0.29) is 16.8 Å². The number of nitrogens with zero attached hydrogens (tertiary/aromatic N) is 2. The monoisotopic (exact) mass is 387 g/mol. The number of carbonyl (C=O) groups excluding carboxylic acids is 1. The Morgan fingerprint density at radius 2 is 1.70 bits per heavy atom. The van der Waals surface area contributed by atoms with Crippen LogP contribution in [0.5, 0.6) is 0 Å². The van der Waals surface area contributed by atoms with Crippen LogP contribution < -0.4 is 5.32 Å². The van der Waals surface area contributed by atoms with Gasteiger partial charge in [0.25, 0.3) is 0 Å². The molecule has 0 saturated heterocycles. The standard InChI is InChI=1S/C17H13N3O6S/c1-7-11-13(18-6-19-14(11)27-12(7)17(25)26-2)20-10-4-8(15(21)22)3-9(5-10)16(23)24/h3-6H,1-2H3,(H,21,22)(H,23,24)(H,18,19,20). The molecule has 27 heavy (non-hydrogen) atoms. The summed E-state index contributed by atoms with van der Waals surface area (Å²) in [6.45, 7) is 1.72. The number of aryl methyl sites for hydroxylation is 1. The van der Waals surface area contributed by atoms with Crippen LogP contribution in [0.2, 0.25) is 0 Å². The summed E-state index contributed by atoms with van der Waals surface area (Å²) in [5.41, 5.74) is 0.482. The Balaban J connectivity index is 2.12. The van der Waals surface area contributed by atoms with Crippen LogP contribution in [0.25, 0.3) is 10.2 Å². The van der Waals surface area contributed by atoms with Gasteiger partial charge in [0.15, 0.2) is 0 Å². The minimum absolute atomic E-state index is 0.181. The SMILES string of the molecule is COC(=O)c1sc2ncnc(Nc3cc(C(=O)O)cc(C(=O)O)c3)c2c1C. The van der Waals surface area contributed by atoms with Crippen molar-refractivity contribution >= 4 is 51.0 Å². The number of methoxy groups -OCH3 is 1. The van der Waals surface area contributed by atoms with E-state index in [9.17, 15) is 24.6 Å². The van der Waals surface area contributed by atoms with Gasteiger partial charge < -0.3 is 20.3 Å². The van der Waals surface area contributed by atoms with Crippen molar-refractivity contribution in [2.24, 2.45) is 0 Å². The van der Waals surface area contributed by atoms with Crippen molar-refractivity contribution in [3.05, 3.63) is 46.1 Å². The summed E-state index contributed by atoms with van der Waals surface area (Å²) >= 11 is 1.14. The second kappa shape index (κ2) is 7.00. The number of carboxylic acid groups (broad SMARTS) is 2. The molecule has 2 aromatic heterocycles. The van der Waals surface area contributed by atoms with Gasteiger partial charge in [0, 0.05) is 5.69 Å². The van der Waals surface area contributed by atoms with Gasteiger partial charge in [-0.1, -0.05) is 0 Å². The average Bonchev–Trinajstić information content (AvgIpc) is 2.98. The van der Waals surface area contributed by atoms with Crippen LogP contribution in [-0.4, -0.2) is 45.2 Å². The molecule has 0 aliphatic heterocycles. The summed E-state index contributed by atoms with van der Waals surface area (Å²) in [6, 6.07) is 3.66. The number of aromatic nitrogens is 2. The van der Waals surface area contributed by atoms with E-state index in [0.717, 1.165) is 17.4 Å². The van der Waals surface area contributed by atoms with Crippen LogP contribution in [0.3, 0.4) is 0 Å². The van der Waals surface area contributed by atoms with Crippen LogP contribution in [-0.2, 0) is 4.74 Å². The summed E-state index contributed by atoms with van der Waals surface area (Å²) in [6.07, 6.45) is 1.29. The third-order valence-corrected chi connectivity index (χ3v) is 4.97. The van der Waals surface area contributed by atoms with Crippen molar-refractivity contribution in [2.75, 3.05) is 12.4 Å². The summed E-state index contributed by atoms with van der Waals surface area (Å²) in [5, 5.41) is 21.9. The van der Waals surface area contributed by atoms with Gasteiger partial charge in [0.1, 0.15) is 21.9 Å². The normalized spacial score (nSPS) is 10.6. The van der Waals surface area contributed by atoms with E-state index < -0.39 is 17.9 Å². The number of nitrogens with one attached hydrogen (secondary N) is 1. The maximum absolute atomic E-state index is 11.9. The van der Waals surface area contributed by atoms with Crippen LogP contribution >= 0.6 is 11.3 Å². The van der Waals surface area contributed by atoms with Crippen molar-refractivity contribution in [1.82, 2.24) is 9.97 Å². The van der Waals surface area contributed by atoms with Crippen molar-refractivity contribution in [2.45, 2.75) is 6.92 Å². The minimum Gasteiger partial charge on any atom is -0.478 e. The summed E-state index contributed by atoms with van der Waals surface area (Å²) in [7, 11) is 1.28. The minimum atomic E-state index is -1.26. The Kier molecular flexibility index (Phi) is 4.74. The van der Waals surface area contributed by atoms with E-state index in [2.05, 4.69) is 15.3 Å². The van der Waals surface area contributed by atoms with Crippen molar-refractivity contribution < 1.29 is 29.3 Å². The topological polar surface area (TPSA) is 139 Å². The fourth-order valence-corrected chi connectivity index (χ4v) is 3.60. The molecule has 3 aromatic rings. The largest absolute Gasteiger partial charge is 0.478 e. The number of hydrogen-bond donors (Lipinski definition) is 3. The zero-order chi connectivity index (χ0) is 19.7. The zero-order valence-corrected chi connectivity index (χ0v) is 15.0. The third kappa shape index (κ3) is 3.42. The number of ether oxygens (including phenoxy) is 1. The zero-order valence-electron chi connectivity index (χ0n) is 14.1. The highest BCUT2D eigenvalue weighted by atomic mass is 32.1. The smallest absolute Gasteiger partial charge is 0.348 e. The Morgan fingerprint density at radius 3 is 2.26 bits per heavy atom. The molecule has 9 nitrogen and oxygen atoms in total. The Morgan fingerprint density at radius 1 is 1.07 bits per heavy atom. The lowest BCUT2D eigenvalue weighted by atomic mass is 10.1. The molecule has 0 aliphatic rings. The number of carbonyl (C=O) groups is 3. The van der Waals surface area contributed by atoms with Crippen LogP contribution in [0.15, 0.2) is 24.5 Å². The predicted octanol–water partition coefficient (Wildman–Crippen LogP) is 2.93. The van der Waals surface area contributed by atoms with Gasteiger partial charge in [-0.15, -0.1) is 11.3 Å². The van der Waals surface area contributed by atoms with Gasteiger partial charge in [-0.05, 0) is 30.7 Å². The fourth-order valence-electron chi connectivity index (χ4n) is 2.54. The van der Waals surface area contributed by atoms with Crippen molar-refractivity contribution in [3.8, 4) is 0 Å². The molecule has 138 valence electrons. The second-order valence-corrected chi connectivity index (χ2v) is 6.48. The molecule has 1 aromatic carbocycles. The highest BCUT2D eigenvalue weighted by Crippen LogP contribution is 2.35. The number of esters is 1. The van der Waals surface area contributed by atoms with E-state index in [1.807, 2.05) is 0 Å². The van der Waals surface area contributed by atoms with Crippen LogP contribution in [0.4, 0.5) is 11.5 Å². The maximum Gasteiger partial charge on any atom is 0.348 e. The molecule has 0 spiro atoms. The molecule has 0 atom stereocenters. The lowest BCUT2D eigenvalue weighted by Gasteiger charge is -2.09. The molecule has 3 N–H and O–H groups in total. The van der Waals surface area contributed by atoms with Gasteiger partial charge in [0.2, 0.25) is 0 Å². The number of rotatable bonds is 5. The number of fused-ring (bicyclic) bond motifs is 1. The van der Waals surface area contributed by atoms with E-state index >= 15 is 0 Å². The average molecular weight is 387 g/mol. The van der Waals surface area contributed by atoms with E-state index in [1.54, 1.807) is 6.92 Å². The number of benzene rings is 1. The number of aromatic carboxylic acids is 2. The number of anilines is 2. The molecular formula is C17H13N3O6S. The lowest BCUT2D eigenvalue weighted by Crippen LogP contribution is -2.05. The number of thiophene rings is 1. The van der Waals surface area contributed by atoms with E-state index in [1.165, 1.54) is 25.6 Å². The summed E-state index contributed by atoms with van der Waals surface area (Å²) in [5.74, 6) is -2.69. The Labute approximate surface area is 156 Å². The first-order valence-electron chi connectivity index (χ1n) is 7.53. The number of hydrogen-bond acceptors (Lipinski definition) is 8. The van der Waals surface area contributed by atoms with E-state index in [0.29, 0.717) is 26.5 Å². The molecule has 0 saturated carbocycles. The Hall–Kier alpha value is -3.53. The van der Waals surface area contributed by atoms with Crippen LogP contribution in [0, 0.1) is 6.92 Å². The van der Waals surface area contributed by atoms with Gasteiger partial charge in [-0.2, -0.15) is 0 Å². The molecule has 0 amide bonds. The summed E-state index contributed by atoms with van der Waals surface area (Å²) < 4.78 is 4.76. The molecule has 0 unspecified atom stereocenters. The molecule has 0 bridgehead atoms. The first-order chi connectivity index (χ1) is 12.8. The molecule has 2 heterocycles. The molecule has 0 radical (unpaired) electrons. The highest BCUT2D eigenvalue weighted by molar-refractivity contribution is 7.20. The predicted molar refractivity (Wildman–Crippen MR) is 97.1 cm³/mol. The van der Waals surface area contributed by atoms with Crippen LogP contribution in [0.1, 0.15) is 36.0 Å². The summed E-state index contributed by atoms with van der Waals surface area (Å²) in [4.78, 5) is 43.6. The van der Waals surface area contributed by atoms with Gasteiger partial charge in [-0.25, -0.2) is 24.4 Å². The van der Waals surface area contributed by atoms with Crippen molar-refractivity contribution in [1.29, 1.82) is 0 Å². The van der Waals surface area contributed by atoms with Gasteiger partial charge in [-0.3, -0.25) is 0 Å². The second-order valence-electron chi connectivity index (χ2n) is 5.48. The Bertz CT molecular complexity index is 1060. The van der Waals surface area contributed by atoms with Gasteiger partial charge in [0.05, 0.1) is 23.6 Å². The molecule has 0 fully saturated rings. The quantitative estimate of drug-likeness (QED) is 0.564. The lowest BCUT2D eigenvalue weighted by molar-refractivity contribution is 0.0603. The molecule has 10 heteroatoms. The van der Waals surface area contributed by atoms with E-state index in [4.69, 9.17) is 4.74 Å².